The van der Waals surface area contributed by atoms with Gasteiger partial charge in [0.25, 0.3) is 0 Å². The van der Waals surface area contributed by atoms with Crippen molar-refractivity contribution in [3.8, 4) is 11.5 Å². The molecule has 4 aliphatic carbocycles. The normalized spacial score (nSPS) is 38.1. The molecule has 7 rings (SSSR count). The molecule has 0 amide bonds. The molecule has 1 aromatic rings. The topological polar surface area (TPSA) is 38.7 Å². The summed E-state index contributed by atoms with van der Waals surface area (Å²) in [5.74, 6) is 3.61. The van der Waals surface area contributed by atoms with Crippen LogP contribution < -0.4 is 57.4 Å². The predicted octanol–water partition coefficient (Wildman–Crippen LogP) is 1.25. The Bertz CT molecular complexity index is 1300. The summed E-state index contributed by atoms with van der Waals surface area (Å²) in [7, 11) is 6.62. The van der Waals surface area contributed by atoms with Gasteiger partial charge in [0.15, 0.2) is 11.5 Å². The summed E-state index contributed by atoms with van der Waals surface area (Å²) in [4.78, 5) is 0. The van der Waals surface area contributed by atoms with Crippen molar-refractivity contribution in [2.45, 2.75) is 96.6 Å². The summed E-state index contributed by atoms with van der Waals surface area (Å²) in [6, 6.07) is 7.15. The highest BCUT2D eigenvalue weighted by molar-refractivity contribution is 5.60. The van der Waals surface area contributed by atoms with Crippen LogP contribution >= 0.6 is 0 Å². The zero-order valence-electron chi connectivity index (χ0n) is 29.2. The predicted molar refractivity (Wildman–Crippen MR) is 179 cm³/mol. The van der Waals surface area contributed by atoms with E-state index in [-0.39, 0.29) is 59.5 Å². The van der Waals surface area contributed by atoms with E-state index in [0.717, 1.165) is 52.9 Å². The summed E-state index contributed by atoms with van der Waals surface area (Å²) >= 11 is 0. The highest BCUT2D eigenvalue weighted by Gasteiger charge is 2.60. The maximum atomic E-state index is 11.9. The number of benzene rings is 1. The highest BCUT2D eigenvalue weighted by atomic mass is 127. The van der Waals surface area contributed by atoms with Crippen molar-refractivity contribution in [2.24, 2.45) is 28.6 Å². The lowest BCUT2D eigenvalue weighted by molar-refractivity contribution is -0.923. The van der Waals surface area contributed by atoms with Gasteiger partial charge in [-0.1, -0.05) is 37.6 Å². The first-order chi connectivity index (χ1) is 21.1. The maximum Gasteiger partial charge on any atom is 0.161 e. The third-order valence-electron chi connectivity index (χ3n) is 14.5. The number of hydrogen-bond acceptors (Lipinski definition) is 3. The van der Waals surface area contributed by atoms with Crippen molar-refractivity contribution in [1.82, 2.24) is 0 Å². The van der Waals surface area contributed by atoms with E-state index < -0.39 is 0 Å². The van der Waals surface area contributed by atoms with Crippen LogP contribution in [0.25, 0.3) is 6.08 Å². The van der Waals surface area contributed by atoms with E-state index in [0.29, 0.717) is 23.9 Å². The molecule has 46 heavy (non-hydrogen) atoms. The number of ether oxygens (including phenoxy) is 2. The van der Waals surface area contributed by atoms with Gasteiger partial charge in [0, 0.05) is 43.9 Å². The molecule has 7 heteroatoms. The molecule has 1 N–H and O–H groups in total. The Balaban J connectivity index is 0.00000208. The van der Waals surface area contributed by atoms with Gasteiger partial charge in [0.05, 0.1) is 59.5 Å². The molecular weight excluding hydrogens is 798 g/mol. The smallest absolute Gasteiger partial charge is 0.161 e. The van der Waals surface area contributed by atoms with Crippen molar-refractivity contribution in [3.05, 3.63) is 41.0 Å². The summed E-state index contributed by atoms with van der Waals surface area (Å²) in [5, 5.41) is 11.9. The van der Waals surface area contributed by atoms with Crippen molar-refractivity contribution in [2.75, 3.05) is 60.5 Å². The number of aliphatic hydroxyl groups is 1. The second-order valence-electron chi connectivity index (χ2n) is 16.9. The molecule has 258 valence electrons. The monoisotopic (exact) mass is 858 g/mol. The molecule has 2 saturated heterocycles. The fourth-order valence-corrected chi connectivity index (χ4v) is 11.4. The average Bonchev–Trinajstić information content (AvgIpc) is 3.72. The number of nitrogens with zero attached hydrogens (tertiary/aromatic N) is 2. The van der Waals surface area contributed by atoms with E-state index in [4.69, 9.17) is 9.47 Å². The lowest BCUT2D eigenvalue weighted by atomic mass is 9.47. The molecule has 5 fully saturated rings. The van der Waals surface area contributed by atoms with E-state index in [2.05, 4.69) is 58.3 Å². The molecule has 0 unspecified atom stereocenters. The first-order valence-corrected chi connectivity index (χ1v) is 18.1. The summed E-state index contributed by atoms with van der Waals surface area (Å²) in [6.45, 7) is 12.1. The number of fused-ring (bicyclic) bond motifs is 5. The number of methoxy groups -OCH3 is 1. The Morgan fingerprint density at radius 1 is 0.913 bits per heavy atom. The molecule has 0 spiro atoms. The molecule has 2 heterocycles. The Kier molecular flexibility index (Phi) is 11.3. The fourth-order valence-electron chi connectivity index (χ4n) is 11.4. The number of aliphatic hydroxyl groups excluding tert-OH is 1. The van der Waals surface area contributed by atoms with Crippen LogP contribution in [0.3, 0.4) is 0 Å². The lowest BCUT2D eigenvalue weighted by Crippen LogP contribution is -3.00. The van der Waals surface area contributed by atoms with Gasteiger partial charge in [0.1, 0.15) is 13.2 Å². The van der Waals surface area contributed by atoms with Gasteiger partial charge in [-0.15, -0.1) is 0 Å². The minimum atomic E-state index is -0.367. The molecule has 1 aromatic carbocycles. The number of halogens is 2. The van der Waals surface area contributed by atoms with Gasteiger partial charge in [-0.25, -0.2) is 0 Å². The number of hydrogen-bond donors (Lipinski definition) is 1. The van der Waals surface area contributed by atoms with Crippen molar-refractivity contribution in [3.63, 3.8) is 0 Å². The van der Waals surface area contributed by atoms with Gasteiger partial charge in [0.2, 0.25) is 0 Å². The van der Waals surface area contributed by atoms with Crippen molar-refractivity contribution >= 4 is 6.08 Å². The zero-order valence-corrected chi connectivity index (χ0v) is 33.5. The van der Waals surface area contributed by atoms with Gasteiger partial charge < -0.3 is 71.5 Å². The van der Waals surface area contributed by atoms with Crippen LogP contribution in [0.15, 0.2) is 35.4 Å². The summed E-state index contributed by atoms with van der Waals surface area (Å²) in [6.07, 6.45) is 18.8. The first kappa shape index (κ1) is 36.9. The largest absolute Gasteiger partial charge is 1.00 e. The summed E-state index contributed by atoms with van der Waals surface area (Å²) < 4.78 is 14.4. The first-order valence-electron chi connectivity index (χ1n) is 18.1. The van der Waals surface area contributed by atoms with Gasteiger partial charge in [-0.3, -0.25) is 0 Å². The van der Waals surface area contributed by atoms with Crippen LogP contribution in [0.5, 0.6) is 11.5 Å². The van der Waals surface area contributed by atoms with Gasteiger partial charge in [-0.2, -0.15) is 0 Å². The highest BCUT2D eigenvalue weighted by Crippen LogP contribution is 2.66. The molecule has 0 bridgehead atoms. The molecule has 7 atom stereocenters. The number of quaternary nitrogens is 2. The van der Waals surface area contributed by atoms with Crippen LogP contribution in [0.1, 0.15) is 90.0 Å². The SMILES string of the molecule is COc1cc(/C=C2\C[C@H]3[C@@H]4CC=C5C[C@@H]([N+]6(C)CCCC6)CC[C@]5(C)[C@H]4CC[C@]3(C)[C@H]2O)ccc1OCC[N+]1(C)CCCC1.[I-].[I-]. The Morgan fingerprint density at radius 2 is 1.63 bits per heavy atom. The molecule has 6 aliphatic rings. The third-order valence-corrected chi connectivity index (χ3v) is 14.5. The van der Waals surface area contributed by atoms with Crippen molar-refractivity contribution in [1.29, 1.82) is 0 Å². The number of likely N-dealkylation sites (N-methyl/N-ethyl adjacent to an activating group) is 1. The molecule has 5 nitrogen and oxygen atoms in total. The quantitative estimate of drug-likeness (QED) is 0.256. The van der Waals surface area contributed by atoms with E-state index in [1.54, 1.807) is 12.7 Å². The second-order valence-corrected chi connectivity index (χ2v) is 16.9. The van der Waals surface area contributed by atoms with Crippen LogP contribution in [0.2, 0.25) is 0 Å². The third kappa shape index (κ3) is 6.48. The molecular formula is C39H60I2N2O3. The van der Waals surface area contributed by atoms with Crippen molar-refractivity contribution < 1.29 is 71.5 Å². The van der Waals surface area contributed by atoms with Gasteiger partial charge in [-0.05, 0) is 78.5 Å². The van der Waals surface area contributed by atoms with Crippen LogP contribution in [-0.2, 0) is 0 Å². The molecule has 3 saturated carbocycles. The van der Waals surface area contributed by atoms with Gasteiger partial charge >= 0.3 is 0 Å². The second kappa shape index (κ2) is 14.1. The Labute approximate surface area is 313 Å². The average molecular weight is 859 g/mol. The number of likely N-dealkylation sites (tertiary alicyclic amines) is 2. The maximum absolute atomic E-state index is 11.9. The van der Waals surface area contributed by atoms with E-state index in [9.17, 15) is 5.11 Å². The molecule has 2 aliphatic heterocycles. The molecule has 0 radical (unpaired) electrons. The standard InChI is InChI=1S/C39H60N2O3.2HI/c1-38-16-14-31(41(4)20-8-9-21-41)27-30(38)11-12-32-33(38)15-17-39(2)34(32)26-29(37(39)42)24-28-10-13-35(36(25-28)43-5)44-23-22-40(3)18-6-7-19-40;;/h10-11,13,24-25,31-34,37,42H,6-9,12,14-23,26-27H2,1-5H3;2*1H/q+2;;/p-2/b29-24+;;/t31-,32+,33-,34-,37-,38-,39-;;/m0../s1. The Morgan fingerprint density at radius 3 is 2.35 bits per heavy atom. The lowest BCUT2D eigenvalue weighted by Gasteiger charge is -2.58. The van der Waals surface area contributed by atoms with Crippen LogP contribution in [-0.4, -0.2) is 86.8 Å². The zero-order chi connectivity index (χ0) is 30.7. The van der Waals surface area contributed by atoms with Crippen LogP contribution in [0, 0.1) is 28.6 Å². The summed E-state index contributed by atoms with van der Waals surface area (Å²) in [5.41, 5.74) is 4.45. The molecule has 0 aromatic heterocycles. The number of allylic oxidation sites excluding steroid dienone is 1. The minimum Gasteiger partial charge on any atom is -1.00 e. The number of rotatable bonds is 7. The Hall–Kier alpha value is -0.360. The minimum absolute atomic E-state index is 0. The van der Waals surface area contributed by atoms with E-state index in [1.807, 2.05) is 0 Å². The van der Waals surface area contributed by atoms with Crippen LogP contribution in [0.4, 0.5) is 0 Å². The van der Waals surface area contributed by atoms with E-state index in [1.165, 1.54) is 94.0 Å². The van der Waals surface area contributed by atoms with E-state index >= 15 is 0 Å². The fraction of sp³-hybridized carbons (Fsp3) is 0.744.